The number of ether oxygens (including phenoxy) is 1. The molecule has 1 fully saturated rings. The van der Waals surface area contributed by atoms with Crippen molar-refractivity contribution < 1.29 is 9.26 Å². The van der Waals surface area contributed by atoms with E-state index < -0.39 is 0 Å². The Morgan fingerprint density at radius 1 is 1.45 bits per heavy atom. The highest BCUT2D eigenvalue weighted by molar-refractivity contribution is 7.09. The van der Waals surface area contributed by atoms with Gasteiger partial charge < -0.3 is 9.26 Å². The molecule has 108 valence electrons. The first-order valence-electron chi connectivity index (χ1n) is 6.63. The van der Waals surface area contributed by atoms with Crippen LogP contribution >= 0.6 is 11.3 Å². The van der Waals surface area contributed by atoms with Crippen LogP contribution < -0.4 is 0 Å². The molecule has 0 aliphatic carbocycles. The Bertz CT molecular complexity index is 582. The minimum atomic E-state index is 0.114. The number of hydrogen-bond donors (Lipinski definition) is 0. The molecule has 0 bridgehead atoms. The maximum Gasteiger partial charge on any atom is 0.244 e. The molecule has 2 aromatic heterocycles. The van der Waals surface area contributed by atoms with Gasteiger partial charge in [-0.2, -0.15) is 4.98 Å². The number of aromatic nitrogens is 3. The van der Waals surface area contributed by atoms with Crippen molar-refractivity contribution in [3.05, 3.63) is 27.8 Å². The fourth-order valence-electron chi connectivity index (χ4n) is 2.60. The van der Waals surface area contributed by atoms with Crippen LogP contribution in [0.25, 0.3) is 0 Å². The van der Waals surface area contributed by atoms with Crippen molar-refractivity contribution in [3.8, 4) is 0 Å². The monoisotopic (exact) mass is 294 g/mol. The summed E-state index contributed by atoms with van der Waals surface area (Å²) >= 11 is 1.68. The van der Waals surface area contributed by atoms with Crippen LogP contribution in [0.1, 0.15) is 34.9 Å². The Labute approximate surface area is 121 Å². The van der Waals surface area contributed by atoms with Crippen LogP contribution in [0.3, 0.4) is 0 Å². The van der Waals surface area contributed by atoms with Crippen molar-refractivity contribution in [2.75, 3.05) is 13.7 Å². The molecule has 1 aliphatic rings. The molecule has 1 saturated heterocycles. The van der Waals surface area contributed by atoms with E-state index in [1.807, 2.05) is 13.8 Å². The molecular formula is C13H18N4O2S. The van der Waals surface area contributed by atoms with Gasteiger partial charge in [0.15, 0.2) is 5.82 Å². The van der Waals surface area contributed by atoms with Crippen molar-refractivity contribution in [2.45, 2.75) is 39.0 Å². The van der Waals surface area contributed by atoms with Crippen LogP contribution in [0.2, 0.25) is 0 Å². The molecule has 2 atom stereocenters. The van der Waals surface area contributed by atoms with Gasteiger partial charge in [0.1, 0.15) is 0 Å². The fourth-order valence-corrected chi connectivity index (χ4v) is 3.21. The van der Waals surface area contributed by atoms with Crippen molar-refractivity contribution in [3.63, 3.8) is 0 Å². The van der Waals surface area contributed by atoms with Crippen molar-refractivity contribution >= 4 is 11.3 Å². The second-order valence-corrected chi connectivity index (χ2v) is 6.14. The van der Waals surface area contributed by atoms with Gasteiger partial charge in [-0.3, -0.25) is 4.90 Å². The molecule has 3 heterocycles. The van der Waals surface area contributed by atoms with E-state index in [4.69, 9.17) is 9.26 Å². The predicted octanol–water partition coefficient (Wildman–Crippen LogP) is 2.10. The first-order chi connectivity index (χ1) is 9.65. The smallest absolute Gasteiger partial charge is 0.244 e. The maximum atomic E-state index is 5.49. The zero-order valence-corrected chi connectivity index (χ0v) is 12.7. The lowest BCUT2D eigenvalue weighted by Crippen LogP contribution is -2.25. The zero-order valence-electron chi connectivity index (χ0n) is 11.9. The standard InChI is InChI=1S/C13H18N4O2S/c1-8-14-13(19-16-8)12-4-11(18-3)6-17(12)5-10-7-20-9(2)15-10/h7,11-12H,4-6H2,1-3H3/t11-,12-/m1/s1. The van der Waals surface area contributed by atoms with Gasteiger partial charge in [0.25, 0.3) is 0 Å². The summed E-state index contributed by atoms with van der Waals surface area (Å²) in [5.41, 5.74) is 1.09. The highest BCUT2D eigenvalue weighted by Crippen LogP contribution is 2.33. The number of likely N-dealkylation sites (tertiary alicyclic amines) is 1. The summed E-state index contributed by atoms with van der Waals surface area (Å²) in [7, 11) is 1.75. The first-order valence-corrected chi connectivity index (χ1v) is 7.51. The third-order valence-electron chi connectivity index (χ3n) is 3.56. The van der Waals surface area contributed by atoms with Crippen LogP contribution in [0.4, 0.5) is 0 Å². The molecule has 0 saturated carbocycles. The normalized spacial score (nSPS) is 23.6. The van der Waals surface area contributed by atoms with Crippen LogP contribution in [-0.4, -0.2) is 39.8 Å². The van der Waals surface area contributed by atoms with Crippen molar-refractivity contribution in [1.82, 2.24) is 20.0 Å². The average molecular weight is 294 g/mol. The quantitative estimate of drug-likeness (QED) is 0.860. The van der Waals surface area contributed by atoms with E-state index in [1.165, 1.54) is 0 Å². The van der Waals surface area contributed by atoms with Gasteiger partial charge in [0, 0.05) is 25.6 Å². The van der Waals surface area contributed by atoms with Crippen LogP contribution in [0.15, 0.2) is 9.90 Å². The number of aryl methyl sites for hydroxylation is 2. The highest BCUT2D eigenvalue weighted by Gasteiger charge is 2.36. The summed E-state index contributed by atoms with van der Waals surface area (Å²) in [6.07, 6.45) is 1.08. The van der Waals surface area contributed by atoms with Crippen LogP contribution in [-0.2, 0) is 11.3 Å². The number of hydrogen-bond acceptors (Lipinski definition) is 7. The molecule has 0 amide bonds. The van der Waals surface area contributed by atoms with Gasteiger partial charge in [-0.1, -0.05) is 5.16 Å². The van der Waals surface area contributed by atoms with E-state index in [1.54, 1.807) is 18.4 Å². The van der Waals surface area contributed by atoms with Gasteiger partial charge in [0.05, 0.1) is 22.8 Å². The SMILES string of the molecule is CO[C@@H]1C[C@H](c2nc(C)no2)N(Cc2csc(C)n2)C1. The van der Waals surface area contributed by atoms with Gasteiger partial charge in [-0.15, -0.1) is 11.3 Å². The second kappa shape index (κ2) is 5.59. The minimum Gasteiger partial charge on any atom is -0.380 e. The third-order valence-corrected chi connectivity index (χ3v) is 4.38. The lowest BCUT2D eigenvalue weighted by atomic mass is 10.2. The lowest BCUT2D eigenvalue weighted by molar-refractivity contribution is 0.107. The van der Waals surface area contributed by atoms with Crippen LogP contribution in [0, 0.1) is 13.8 Å². The van der Waals surface area contributed by atoms with E-state index >= 15 is 0 Å². The first kappa shape index (κ1) is 13.7. The molecule has 0 unspecified atom stereocenters. The lowest BCUT2D eigenvalue weighted by Gasteiger charge is -2.19. The maximum absolute atomic E-state index is 5.49. The largest absolute Gasteiger partial charge is 0.380 e. The molecule has 1 aliphatic heterocycles. The molecule has 3 rings (SSSR count). The minimum absolute atomic E-state index is 0.114. The molecule has 7 heteroatoms. The molecule has 20 heavy (non-hydrogen) atoms. The number of thiazole rings is 1. The molecule has 0 aromatic carbocycles. The van der Waals surface area contributed by atoms with E-state index in [0.29, 0.717) is 11.7 Å². The Hall–Kier alpha value is -1.31. The summed E-state index contributed by atoms with van der Waals surface area (Å²) < 4.78 is 10.8. The van der Waals surface area contributed by atoms with E-state index in [9.17, 15) is 0 Å². The Morgan fingerprint density at radius 3 is 2.90 bits per heavy atom. The van der Waals surface area contributed by atoms with Crippen LogP contribution in [0.5, 0.6) is 0 Å². The Morgan fingerprint density at radius 2 is 2.30 bits per heavy atom. The fraction of sp³-hybridized carbons (Fsp3) is 0.615. The molecule has 0 radical (unpaired) electrons. The summed E-state index contributed by atoms with van der Waals surface area (Å²) in [6.45, 7) is 5.51. The topological polar surface area (TPSA) is 64.3 Å². The molecular weight excluding hydrogens is 276 g/mol. The van der Waals surface area contributed by atoms with Crippen molar-refractivity contribution in [1.29, 1.82) is 0 Å². The average Bonchev–Trinajstić information content (AvgIpc) is 3.11. The summed E-state index contributed by atoms with van der Waals surface area (Å²) in [6, 6.07) is 0.114. The number of rotatable bonds is 4. The van der Waals surface area contributed by atoms with Gasteiger partial charge in [0.2, 0.25) is 5.89 Å². The predicted molar refractivity (Wildman–Crippen MR) is 74.5 cm³/mol. The Balaban J connectivity index is 1.79. The van der Waals surface area contributed by atoms with E-state index in [0.717, 1.165) is 30.2 Å². The van der Waals surface area contributed by atoms with Crippen molar-refractivity contribution in [2.24, 2.45) is 0 Å². The summed E-state index contributed by atoms with van der Waals surface area (Å²) in [5.74, 6) is 1.35. The third kappa shape index (κ3) is 2.74. The zero-order chi connectivity index (χ0) is 14.1. The van der Waals surface area contributed by atoms with E-state index in [-0.39, 0.29) is 12.1 Å². The number of methoxy groups -OCH3 is 1. The highest BCUT2D eigenvalue weighted by atomic mass is 32.1. The number of nitrogens with zero attached hydrogens (tertiary/aromatic N) is 4. The molecule has 6 nitrogen and oxygen atoms in total. The van der Waals surface area contributed by atoms with E-state index in [2.05, 4.69) is 25.4 Å². The second-order valence-electron chi connectivity index (χ2n) is 5.08. The Kier molecular flexibility index (Phi) is 3.82. The van der Waals surface area contributed by atoms with Gasteiger partial charge >= 0.3 is 0 Å². The molecule has 0 N–H and O–H groups in total. The summed E-state index contributed by atoms with van der Waals surface area (Å²) in [4.78, 5) is 11.2. The molecule has 2 aromatic rings. The van der Waals surface area contributed by atoms with Gasteiger partial charge in [-0.05, 0) is 20.3 Å². The van der Waals surface area contributed by atoms with Gasteiger partial charge in [-0.25, -0.2) is 4.98 Å². The summed E-state index contributed by atoms with van der Waals surface area (Å²) in [5, 5.41) is 7.08. The molecule has 0 spiro atoms.